The first-order valence-electron chi connectivity index (χ1n) is 6.68. The molecule has 0 saturated heterocycles. The van der Waals surface area contributed by atoms with Gasteiger partial charge in [0, 0.05) is 19.2 Å². The van der Waals surface area contributed by atoms with Gasteiger partial charge in [0.15, 0.2) is 0 Å². The summed E-state index contributed by atoms with van der Waals surface area (Å²) in [5.74, 6) is 0.108. The van der Waals surface area contributed by atoms with Crippen LogP contribution in [0, 0.1) is 0 Å². The Morgan fingerprint density at radius 3 is 2.59 bits per heavy atom. The Bertz CT molecular complexity index is 603. The molecule has 0 radical (unpaired) electrons. The fourth-order valence-electron chi connectivity index (χ4n) is 1.91. The highest BCUT2D eigenvalue weighted by molar-refractivity contribution is 7.92. The van der Waals surface area contributed by atoms with Crippen LogP contribution in [0.1, 0.15) is 6.92 Å². The number of rotatable bonds is 8. The van der Waals surface area contributed by atoms with Crippen molar-refractivity contribution in [3.05, 3.63) is 24.3 Å². The minimum atomic E-state index is -3.60. The first-order valence-corrected chi connectivity index (χ1v) is 8.52. The average Bonchev–Trinajstić information content (AvgIpc) is 2.43. The Balaban J connectivity index is 2.93. The van der Waals surface area contributed by atoms with E-state index in [0.717, 1.165) is 10.6 Å². The third-order valence-corrected chi connectivity index (χ3v) is 3.99. The number of methoxy groups -OCH3 is 2. The van der Waals surface area contributed by atoms with E-state index in [4.69, 9.17) is 9.47 Å². The molecule has 124 valence electrons. The van der Waals surface area contributed by atoms with E-state index >= 15 is 0 Å². The predicted octanol–water partition coefficient (Wildman–Crippen LogP) is 0.612. The normalized spacial score (nSPS) is 12.5. The van der Waals surface area contributed by atoms with E-state index in [9.17, 15) is 13.2 Å². The number of nitrogens with zero attached hydrogens (tertiary/aromatic N) is 1. The standard InChI is InChI=1S/C14H22N2O5S/c1-11(10-20-2)15-14(17)9-16(22(4,18)19)12-6-5-7-13(8-12)21-3/h5-8,11H,9-10H2,1-4H3,(H,15,17)/t11-/m1/s1. The molecule has 0 saturated carbocycles. The minimum absolute atomic E-state index is 0.204. The Morgan fingerprint density at radius 2 is 2.05 bits per heavy atom. The van der Waals surface area contributed by atoms with E-state index in [1.807, 2.05) is 0 Å². The molecule has 1 rings (SSSR count). The summed E-state index contributed by atoms with van der Waals surface area (Å²) in [5, 5.41) is 2.68. The van der Waals surface area contributed by atoms with Gasteiger partial charge in [-0.05, 0) is 19.1 Å². The van der Waals surface area contributed by atoms with E-state index in [1.165, 1.54) is 14.2 Å². The van der Waals surface area contributed by atoms with Crippen molar-refractivity contribution in [3.63, 3.8) is 0 Å². The molecule has 0 aliphatic rings. The van der Waals surface area contributed by atoms with Crippen molar-refractivity contribution in [1.29, 1.82) is 0 Å². The molecule has 1 aromatic carbocycles. The van der Waals surface area contributed by atoms with Gasteiger partial charge in [-0.3, -0.25) is 9.10 Å². The van der Waals surface area contributed by atoms with Crippen LogP contribution in [0.25, 0.3) is 0 Å². The summed E-state index contributed by atoms with van der Waals surface area (Å²) in [6.45, 7) is 1.82. The summed E-state index contributed by atoms with van der Waals surface area (Å²) in [6.07, 6.45) is 1.05. The summed E-state index contributed by atoms with van der Waals surface area (Å²) in [6, 6.07) is 6.33. The van der Waals surface area contributed by atoms with Crippen LogP contribution in [-0.2, 0) is 19.6 Å². The molecule has 0 unspecified atom stereocenters. The monoisotopic (exact) mass is 330 g/mol. The van der Waals surface area contributed by atoms with Crippen molar-refractivity contribution >= 4 is 21.6 Å². The van der Waals surface area contributed by atoms with Crippen molar-refractivity contribution in [2.45, 2.75) is 13.0 Å². The zero-order valence-electron chi connectivity index (χ0n) is 13.2. The number of hydrogen-bond donors (Lipinski definition) is 1. The van der Waals surface area contributed by atoms with E-state index < -0.39 is 15.9 Å². The van der Waals surface area contributed by atoms with Crippen LogP contribution in [0.15, 0.2) is 24.3 Å². The molecular weight excluding hydrogens is 308 g/mol. The molecule has 1 atom stereocenters. The van der Waals surface area contributed by atoms with Gasteiger partial charge < -0.3 is 14.8 Å². The lowest BCUT2D eigenvalue weighted by molar-refractivity contribution is -0.120. The summed E-state index contributed by atoms with van der Waals surface area (Å²) >= 11 is 0. The Labute approximate surface area is 131 Å². The molecule has 0 heterocycles. The Morgan fingerprint density at radius 1 is 1.36 bits per heavy atom. The van der Waals surface area contributed by atoms with Gasteiger partial charge in [0.2, 0.25) is 15.9 Å². The van der Waals surface area contributed by atoms with E-state index in [2.05, 4.69) is 5.32 Å². The first kappa shape index (κ1) is 18.2. The lowest BCUT2D eigenvalue weighted by Crippen LogP contribution is -2.44. The van der Waals surface area contributed by atoms with Gasteiger partial charge in [0.05, 0.1) is 25.7 Å². The number of hydrogen-bond acceptors (Lipinski definition) is 5. The third-order valence-electron chi connectivity index (χ3n) is 2.85. The van der Waals surface area contributed by atoms with Crippen LogP contribution in [0.5, 0.6) is 5.75 Å². The number of benzene rings is 1. The number of ether oxygens (including phenoxy) is 2. The average molecular weight is 330 g/mol. The van der Waals surface area contributed by atoms with Crippen LogP contribution in [0.3, 0.4) is 0 Å². The van der Waals surface area contributed by atoms with Crippen LogP contribution in [0.2, 0.25) is 0 Å². The molecule has 1 N–H and O–H groups in total. The van der Waals surface area contributed by atoms with Crippen molar-refractivity contribution in [2.75, 3.05) is 37.9 Å². The fourth-order valence-corrected chi connectivity index (χ4v) is 2.76. The SMILES string of the molecule is COC[C@@H](C)NC(=O)CN(c1cccc(OC)c1)S(C)(=O)=O. The Kier molecular flexibility index (Phi) is 6.63. The summed E-state index contributed by atoms with van der Waals surface area (Å²) in [7, 11) is -0.582. The van der Waals surface area contributed by atoms with Crippen LogP contribution < -0.4 is 14.4 Å². The molecule has 0 fully saturated rings. The third kappa shape index (κ3) is 5.53. The number of nitrogens with one attached hydrogen (secondary N) is 1. The molecule has 1 aromatic rings. The molecular formula is C14H22N2O5S. The van der Waals surface area contributed by atoms with Gasteiger partial charge in [0.25, 0.3) is 0 Å². The largest absolute Gasteiger partial charge is 0.497 e. The van der Waals surface area contributed by atoms with Crippen LogP contribution >= 0.6 is 0 Å². The number of anilines is 1. The quantitative estimate of drug-likeness (QED) is 0.755. The maximum atomic E-state index is 12.0. The lowest BCUT2D eigenvalue weighted by Gasteiger charge is -2.23. The van der Waals surface area contributed by atoms with Crippen LogP contribution in [-0.4, -0.2) is 54.0 Å². The minimum Gasteiger partial charge on any atom is -0.497 e. The number of carbonyl (C=O) groups excluding carboxylic acids is 1. The van der Waals surface area contributed by atoms with Gasteiger partial charge in [-0.15, -0.1) is 0 Å². The highest BCUT2D eigenvalue weighted by Gasteiger charge is 2.22. The molecule has 7 nitrogen and oxygen atoms in total. The van der Waals surface area contributed by atoms with Crippen molar-refractivity contribution in [1.82, 2.24) is 5.32 Å². The van der Waals surface area contributed by atoms with Crippen LogP contribution in [0.4, 0.5) is 5.69 Å². The lowest BCUT2D eigenvalue weighted by atomic mass is 10.3. The van der Waals surface area contributed by atoms with E-state index in [0.29, 0.717) is 18.0 Å². The van der Waals surface area contributed by atoms with Gasteiger partial charge >= 0.3 is 0 Å². The van der Waals surface area contributed by atoms with Gasteiger partial charge in [-0.25, -0.2) is 8.42 Å². The highest BCUT2D eigenvalue weighted by atomic mass is 32.2. The maximum Gasteiger partial charge on any atom is 0.241 e. The highest BCUT2D eigenvalue weighted by Crippen LogP contribution is 2.22. The van der Waals surface area contributed by atoms with Crippen molar-refractivity contribution in [2.24, 2.45) is 0 Å². The molecule has 8 heteroatoms. The molecule has 22 heavy (non-hydrogen) atoms. The molecule has 0 spiro atoms. The van der Waals surface area contributed by atoms with Gasteiger partial charge in [-0.1, -0.05) is 6.07 Å². The second-order valence-corrected chi connectivity index (χ2v) is 6.80. The summed E-state index contributed by atoms with van der Waals surface area (Å²) in [5.41, 5.74) is 0.372. The van der Waals surface area contributed by atoms with Gasteiger partial charge in [-0.2, -0.15) is 0 Å². The van der Waals surface area contributed by atoms with Gasteiger partial charge in [0.1, 0.15) is 12.3 Å². The zero-order valence-corrected chi connectivity index (χ0v) is 14.0. The molecule has 0 aliphatic heterocycles. The number of amides is 1. The second kappa shape index (κ2) is 8.00. The molecule has 0 aliphatic carbocycles. The molecule has 0 bridgehead atoms. The summed E-state index contributed by atoms with van der Waals surface area (Å²) in [4.78, 5) is 12.0. The Hall–Kier alpha value is -1.80. The second-order valence-electron chi connectivity index (χ2n) is 4.90. The zero-order chi connectivity index (χ0) is 16.8. The maximum absolute atomic E-state index is 12.0. The predicted molar refractivity (Wildman–Crippen MR) is 84.7 cm³/mol. The topological polar surface area (TPSA) is 84.9 Å². The molecule has 0 aromatic heterocycles. The van der Waals surface area contributed by atoms with Crippen molar-refractivity contribution in [3.8, 4) is 5.75 Å². The van der Waals surface area contributed by atoms with E-state index in [1.54, 1.807) is 31.2 Å². The fraction of sp³-hybridized carbons (Fsp3) is 0.500. The first-order chi connectivity index (χ1) is 10.3. The van der Waals surface area contributed by atoms with Crippen molar-refractivity contribution < 1.29 is 22.7 Å². The van der Waals surface area contributed by atoms with E-state index in [-0.39, 0.29) is 12.6 Å². The number of carbonyl (C=O) groups is 1. The molecule has 1 amide bonds. The number of sulfonamides is 1. The summed E-state index contributed by atoms with van der Waals surface area (Å²) < 4.78 is 35.0. The smallest absolute Gasteiger partial charge is 0.241 e.